The molecule has 0 aromatic heterocycles. The predicted octanol–water partition coefficient (Wildman–Crippen LogP) is -2.42. The Morgan fingerprint density at radius 2 is 1.00 bits per heavy atom. The Morgan fingerprint density at radius 1 is 1.00 bits per heavy atom. The monoisotopic (exact) mass is 110 g/mol. The third-order valence-corrected chi connectivity index (χ3v) is 0. The zero-order valence-electron chi connectivity index (χ0n) is 1.30. The molecule has 0 aliphatic carbocycles. The second-order valence-electron chi connectivity index (χ2n) is 0.0816. The molecular weight excluding hydrogens is 102 g/mol. The number of hydrogen-bond acceptors (Lipinski definition) is 3. The van der Waals surface area contributed by atoms with Crippen LogP contribution < -0.4 is 0 Å². The predicted molar refractivity (Wildman–Crippen MR) is 26.2 cm³/mol. The number of hydrogen-bond donors (Lipinski definition) is 2. The molecule has 0 heterocycles. The van der Waals surface area contributed by atoms with Gasteiger partial charge in [0.15, 0.2) is 34.7 Å². The fourth-order valence-corrected chi connectivity index (χ4v) is 0. The molecule has 5 heteroatoms. The quantitative estimate of drug-likeness (QED) is 0.207. The van der Waals surface area contributed by atoms with Gasteiger partial charge in [0.05, 0.1) is 0 Å². The van der Waals surface area contributed by atoms with Crippen molar-refractivity contribution >= 4 is 34.7 Å². The molecule has 0 bridgehead atoms. The summed E-state index contributed by atoms with van der Waals surface area (Å²) in [7, 11) is 0. The highest BCUT2D eigenvalue weighted by atomic mass is 27.0. The maximum atomic E-state index is 6.62. The van der Waals surface area contributed by atoms with Crippen molar-refractivity contribution in [3.05, 3.63) is 0 Å². The first kappa shape index (κ1) is 16.8. The summed E-state index contributed by atoms with van der Waals surface area (Å²) in [6.45, 7) is 0. The van der Waals surface area contributed by atoms with Crippen molar-refractivity contribution in [3.63, 3.8) is 0 Å². The molecule has 0 aliphatic rings. The van der Waals surface area contributed by atoms with Gasteiger partial charge in [0.2, 0.25) is 0 Å². The lowest BCUT2D eigenvalue weighted by Crippen LogP contribution is -1.60. The first-order valence-electron chi connectivity index (χ1n) is 0.365. The maximum Gasteiger partial charge on any atom is 0.187 e. The van der Waals surface area contributed by atoms with Crippen LogP contribution in [0.15, 0.2) is 0 Å². The van der Waals surface area contributed by atoms with Crippen LogP contribution >= 0.6 is 0 Å². The second kappa shape index (κ2) is 20.3. The van der Waals surface area contributed by atoms with Crippen molar-refractivity contribution in [2.24, 2.45) is 0 Å². The van der Waals surface area contributed by atoms with Gasteiger partial charge in [-0.2, -0.15) is 0 Å². The van der Waals surface area contributed by atoms with Gasteiger partial charge in [0.25, 0.3) is 0 Å². The minimum Gasteiger partial charge on any atom is -0.221 e. The average molecular weight is 110 g/mol. The SMILES string of the molecule is OOO.[AlH3].[AlH3]. The molecule has 0 aromatic rings. The highest BCUT2D eigenvalue weighted by molar-refractivity contribution is 5.76. The van der Waals surface area contributed by atoms with Gasteiger partial charge in [-0.3, -0.25) is 0 Å². The molecule has 0 unspecified atom stereocenters. The molecule has 0 radical (unpaired) electrons. The van der Waals surface area contributed by atoms with Gasteiger partial charge in [0.1, 0.15) is 0 Å². The van der Waals surface area contributed by atoms with Crippen LogP contribution in [0, 0.1) is 0 Å². The first-order valence-corrected chi connectivity index (χ1v) is 0.365. The molecule has 2 N–H and O–H groups in total. The molecule has 0 aromatic carbocycles. The van der Waals surface area contributed by atoms with Gasteiger partial charge in [-0.05, 0) is 0 Å². The van der Waals surface area contributed by atoms with Gasteiger partial charge in [-0.25, -0.2) is 10.5 Å². The van der Waals surface area contributed by atoms with Crippen LogP contribution in [0.5, 0.6) is 0 Å². The molecule has 0 saturated heterocycles. The summed E-state index contributed by atoms with van der Waals surface area (Å²) in [6.07, 6.45) is 0. The van der Waals surface area contributed by atoms with Crippen LogP contribution in [0.25, 0.3) is 0 Å². The smallest absolute Gasteiger partial charge is 0.187 e. The molecule has 0 amide bonds. The minimum atomic E-state index is 0. The highest BCUT2D eigenvalue weighted by Gasteiger charge is 1.27. The molecule has 0 spiro atoms. The van der Waals surface area contributed by atoms with E-state index in [9.17, 15) is 0 Å². The summed E-state index contributed by atoms with van der Waals surface area (Å²) in [4.78, 5) is 0. The second-order valence-corrected chi connectivity index (χ2v) is 0.0816. The topological polar surface area (TPSA) is 49.7 Å². The normalized spacial score (nSPS) is 3.60. The van der Waals surface area contributed by atoms with Gasteiger partial charge in [-0.15, -0.1) is 0 Å². The summed E-state index contributed by atoms with van der Waals surface area (Å²) in [6, 6.07) is 0. The Morgan fingerprint density at radius 3 is 1.00 bits per heavy atom. The largest absolute Gasteiger partial charge is 0.221 e. The number of rotatable bonds is 0. The van der Waals surface area contributed by atoms with Crippen LogP contribution in [0.4, 0.5) is 0 Å². The summed E-state index contributed by atoms with van der Waals surface area (Å²) in [5.74, 6) is 0. The van der Waals surface area contributed by atoms with Crippen LogP contribution in [0.1, 0.15) is 0 Å². The standard InChI is InChI=1S/2Al.H2O3.6H/c;;1-3-2;;;;;;/h;;1-2H;;;;;;. The van der Waals surface area contributed by atoms with E-state index in [4.69, 9.17) is 10.5 Å². The third kappa shape index (κ3) is 48.0. The van der Waals surface area contributed by atoms with Crippen LogP contribution in [0.2, 0.25) is 0 Å². The minimum absolute atomic E-state index is 0. The lowest BCUT2D eigenvalue weighted by molar-refractivity contribution is -0.465. The summed E-state index contributed by atoms with van der Waals surface area (Å²) in [5, 5.41) is 15.5. The average Bonchev–Trinajstić information content (AvgIpc) is 0.918. The van der Waals surface area contributed by atoms with E-state index in [-0.39, 0.29) is 34.7 Å². The van der Waals surface area contributed by atoms with Crippen molar-refractivity contribution in [3.8, 4) is 0 Å². The van der Waals surface area contributed by atoms with Crippen molar-refractivity contribution < 1.29 is 15.6 Å². The fraction of sp³-hybridized carbons (Fsp3) is 0. The Hall–Kier alpha value is 0.945. The molecule has 3 nitrogen and oxygen atoms in total. The zero-order valence-corrected chi connectivity index (χ0v) is 1.30. The van der Waals surface area contributed by atoms with E-state index in [1.54, 1.807) is 0 Å². The lowest BCUT2D eigenvalue weighted by atomic mass is 14.6. The molecule has 0 saturated carbocycles. The summed E-state index contributed by atoms with van der Waals surface area (Å²) >= 11 is 0. The van der Waals surface area contributed by atoms with Crippen molar-refractivity contribution in [2.75, 3.05) is 0 Å². The molecular formula is H8Al2O3. The van der Waals surface area contributed by atoms with Crippen LogP contribution in [0.3, 0.4) is 0 Å². The van der Waals surface area contributed by atoms with Gasteiger partial charge in [-0.1, -0.05) is 5.04 Å². The Balaban J connectivity index is -0.0000000200. The Labute approximate surface area is 50.7 Å². The van der Waals surface area contributed by atoms with Crippen LogP contribution in [-0.4, -0.2) is 45.2 Å². The van der Waals surface area contributed by atoms with Crippen molar-refractivity contribution in [1.29, 1.82) is 0 Å². The fourth-order valence-electron chi connectivity index (χ4n) is 0. The molecule has 5 heavy (non-hydrogen) atoms. The highest BCUT2D eigenvalue weighted by Crippen LogP contribution is 1.24. The molecule has 0 atom stereocenters. The molecule has 0 aliphatic heterocycles. The van der Waals surface area contributed by atoms with E-state index in [0.29, 0.717) is 0 Å². The van der Waals surface area contributed by atoms with E-state index in [2.05, 4.69) is 5.04 Å². The van der Waals surface area contributed by atoms with Crippen molar-refractivity contribution in [2.45, 2.75) is 0 Å². The molecule has 0 rings (SSSR count). The molecule has 32 valence electrons. The first-order chi connectivity index (χ1) is 1.41. The summed E-state index contributed by atoms with van der Waals surface area (Å²) in [5.41, 5.74) is 0. The summed E-state index contributed by atoms with van der Waals surface area (Å²) < 4.78 is 0. The van der Waals surface area contributed by atoms with Crippen LogP contribution in [-0.2, 0) is 5.04 Å². The van der Waals surface area contributed by atoms with E-state index in [0.717, 1.165) is 0 Å². The Kier molecular flexibility index (Phi) is 68.2. The van der Waals surface area contributed by atoms with Gasteiger partial charge in [0, 0.05) is 0 Å². The van der Waals surface area contributed by atoms with Gasteiger partial charge >= 0.3 is 0 Å². The van der Waals surface area contributed by atoms with Gasteiger partial charge < -0.3 is 0 Å². The van der Waals surface area contributed by atoms with E-state index >= 15 is 0 Å². The van der Waals surface area contributed by atoms with E-state index < -0.39 is 0 Å². The maximum absolute atomic E-state index is 6.62. The zero-order chi connectivity index (χ0) is 2.71. The van der Waals surface area contributed by atoms with E-state index in [1.807, 2.05) is 0 Å². The molecule has 0 fully saturated rings. The lowest BCUT2D eigenvalue weighted by Gasteiger charge is -1.56. The third-order valence-electron chi connectivity index (χ3n) is 0. The van der Waals surface area contributed by atoms with Crippen molar-refractivity contribution in [1.82, 2.24) is 0 Å². The van der Waals surface area contributed by atoms with E-state index in [1.165, 1.54) is 0 Å². The Bertz CT molecular complexity index is 4.85.